The predicted molar refractivity (Wildman–Crippen MR) is 65.8 cm³/mol. The van der Waals surface area contributed by atoms with Crippen LogP contribution in [0.2, 0.25) is 0 Å². The summed E-state index contributed by atoms with van der Waals surface area (Å²) in [6, 6.07) is 1.57. The van der Waals surface area contributed by atoms with Crippen LogP contribution in [0, 0.1) is 25.4 Å². The molecule has 0 unspecified atom stereocenters. The highest BCUT2D eigenvalue weighted by Crippen LogP contribution is 2.31. The van der Waals surface area contributed by atoms with E-state index in [9.17, 15) is 13.2 Å². The lowest BCUT2D eigenvalue weighted by molar-refractivity contribution is -0.141. The molecule has 0 aliphatic rings. The van der Waals surface area contributed by atoms with Crippen LogP contribution < -0.4 is 0 Å². The molecule has 4 nitrogen and oxygen atoms in total. The van der Waals surface area contributed by atoms with Crippen LogP contribution in [0.25, 0.3) is 5.82 Å². The fraction of sp³-hybridized carbons (Fsp3) is 0.364. The molecule has 0 spiro atoms. The summed E-state index contributed by atoms with van der Waals surface area (Å²) in [5.41, 5.74) is -0.215. The third-order valence-corrected chi connectivity index (χ3v) is 3.08. The van der Waals surface area contributed by atoms with E-state index in [2.05, 4.69) is 15.1 Å². The van der Waals surface area contributed by atoms with Gasteiger partial charge in [-0.25, -0.2) is 14.6 Å². The Morgan fingerprint density at radius 3 is 2.32 bits per heavy atom. The summed E-state index contributed by atoms with van der Waals surface area (Å²) in [6.45, 7) is 4.74. The summed E-state index contributed by atoms with van der Waals surface area (Å²) in [6.07, 6.45) is -4.47. The Morgan fingerprint density at radius 2 is 1.84 bits per heavy atom. The van der Waals surface area contributed by atoms with Crippen molar-refractivity contribution in [2.45, 2.75) is 26.9 Å². The quantitative estimate of drug-likeness (QED) is 0.819. The zero-order valence-electron chi connectivity index (χ0n) is 10.5. The van der Waals surface area contributed by atoms with Crippen LogP contribution in [0.3, 0.4) is 0 Å². The zero-order valence-corrected chi connectivity index (χ0v) is 11.3. The van der Waals surface area contributed by atoms with Crippen molar-refractivity contribution < 1.29 is 13.2 Å². The number of hydrogen-bond acceptors (Lipinski definition) is 3. The highest BCUT2D eigenvalue weighted by Gasteiger charge is 2.35. The molecule has 8 heteroatoms. The first kappa shape index (κ1) is 13.7. The van der Waals surface area contributed by atoms with Gasteiger partial charge in [0, 0.05) is 17.3 Å². The first-order valence-corrected chi connectivity index (χ1v) is 5.82. The second kappa shape index (κ2) is 4.44. The predicted octanol–water partition coefficient (Wildman–Crippen LogP) is 3.27. The number of alkyl halides is 3. The van der Waals surface area contributed by atoms with Crippen LogP contribution in [0.15, 0.2) is 6.07 Å². The molecule has 0 fully saturated rings. The number of nitrogens with zero attached hydrogens (tertiary/aromatic N) is 3. The number of halogens is 3. The van der Waals surface area contributed by atoms with E-state index in [1.165, 1.54) is 6.92 Å². The summed E-state index contributed by atoms with van der Waals surface area (Å²) in [7, 11) is 0. The van der Waals surface area contributed by atoms with Crippen LogP contribution in [0.1, 0.15) is 22.8 Å². The highest BCUT2D eigenvalue weighted by molar-refractivity contribution is 7.71. The van der Waals surface area contributed by atoms with E-state index in [0.717, 1.165) is 4.68 Å². The molecule has 0 bridgehead atoms. The van der Waals surface area contributed by atoms with Crippen molar-refractivity contribution in [3.8, 4) is 5.82 Å². The van der Waals surface area contributed by atoms with Crippen LogP contribution in [0.4, 0.5) is 13.2 Å². The van der Waals surface area contributed by atoms with Gasteiger partial charge in [-0.15, -0.1) is 0 Å². The van der Waals surface area contributed by atoms with Crippen LogP contribution in [-0.2, 0) is 6.18 Å². The molecular formula is C11H11F3N4S. The van der Waals surface area contributed by atoms with E-state index < -0.39 is 11.9 Å². The third kappa shape index (κ3) is 2.53. The lowest BCUT2D eigenvalue weighted by atomic mass is 10.3. The van der Waals surface area contributed by atoms with E-state index in [4.69, 9.17) is 12.2 Å². The fourth-order valence-corrected chi connectivity index (χ4v) is 2.01. The zero-order chi connectivity index (χ0) is 14.4. The van der Waals surface area contributed by atoms with Crippen molar-refractivity contribution in [2.24, 2.45) is 0 Å². The van der Waals surface area contributed by atoms with Gasteiger partial charge in [0.1, 0.15) is 16.2 Å². The van der Waals surface area contributed by atoms with Crippen molar-refractivity contribution in [1.82, 2.24) is 19.7 Å². The van der Waals surface area contributed by atoms with Gasteiger partial charge in [-0.05, 0) is 20.8 Å². The van der Waals surface area contributed by atoms with Crippen LogP contribution in [0.5, 0.6) is 0 Å². The second-order valence-electron chi connectivity index (χ2n) is 4.16. The summed E-state index contributed by atoms with van der Waals surface area (Å²) < 4.78 is 39.6. The number of H-pyrrole nitrogens is 1. The Balaban J connectivity index is 2.67. The molecule has 1 N–H and O–H groups in total. The monoisotopic (exact) mass is 288 g/mol. The lowest BCUT2D eigenvalue weighted by Crippen LogP contribution is -2.09. The number of rotatable bonds is 1. The average molecular weight is 288 g/mol. The maximum Gasteiger partial charge on any atom is 0.433 e. The Hall–Kier alpha value is -1.70. The summed E-state index contributed by atoms with van der Waals surface area (Å²) >= 11 is 5.02. The van der Waals surface area contributed by atoms with E-state index >= 15 is 0 Å². The van der Waals surface area contributed by atoms with Crippen LogP contribution in [-0.4, -0.2) is 19.7 Å². The Bertz CT molecular complexity index is 664. The normalized spacial score (nSPS) is 11.9. The van der Waals surface area contributed by atoms with E-state index in [1.54, 1.807) is 19.9 Å². The second-order valence-corrected chi connectivity index (χ2v) is 4.55. The molecule has 19 heavy (non-hydrogen) atoms. The summed E-state index contributed by atoms with van der Waals surface area (Å²) in [4.78, 5) is 8.16. The van der Waals surface area contributed by atoms with Crippen molar-refractivity contribution in [1.29, 1.82) is 0 Å². The molecule has 0 aromatic carbocycles. The molecule has 102 valence electrons. The van der Waals surface area contributed by atoms with Gasteiger partial charge in [0.05, 0.1) is 0 Å². The average Bonchev–Trinajstić information content (AvgIpc) is 2.54. The molecule has 0 saturated carbocycles. The van der Waals surface area contributed by atoms with Gasteiger partial charge in [-0.2, -0.15) is 13.2 Å². The number of aromatic amines is 1. The standard InChI is InChI=1S/C11H11F3N4S/c1-5-4-8(16-7(3)15-5)18-10(19)6(2)9(17-18)11(12,13)14/h4,17H,1-3H3. The van der Waals surface area contributed by atoms with E-state index in [1.807, 2.05) is 0 Å². The molecule has 0 saturated heterocycles. The van der Waals surface area contributed by atoms with Gasteiger partial charge in [0.2, 0.25) is 0 Å². The number of nitrogens with one attached hydrogen (secondary N) is 1. The van der Waals surface area contributed by atoms with Gasteiger partial charge in [0.15, 0.2) is 5.82 Å². The molecule has 0 atom stereocenters. The number of aromatic nitrogens is 4. The van der Waals surface area contributed by atoms with Gasteiger partial charge in [0.25, 0.3) is 0 Å². The van der Waals surface area contributed by atoms with Crippen molar-refractivity contribution >= 4 is 12.2 Å². The smallest absolute Gasteiger partial charge is 0.287 e. The maximum absolute atomic E-state index is 12.8. The van der Waals surface area contributed by atoms with Gasteiger partial charge < -0.3 is 0 Å². The lowest BCUT2D eigenvalue weighted by Gasteiger charge is -2.06. The first-order chi connectivity index (χ1) is 8.70. The molecule has 0 amide bonds. The fourth-order valence-electron chi connectivity index (χ4n) is 1.77. The molecular weight excluding hydrogens is 277 g/mol. The minimum Gasteiger partial charge on any atom is -0.287 e. The van der Waals surface area contributed by atoms with Crippen molar-refractivity contribution in [3.63, 3.8) is 0 Å². The molecule has 2 rings (SSSR count). The summed E-state index contributed by atoms with van der Waals surface area (Å²) in [5.74, 6) is 0.770. The number of aryl methyl sites for hydroxylation is 2. The van der Waals surface area contributed by atoms with Crippen LogP contribution >= 0.6 is 12.2 Å². The Morgan fingerprint density at radius 1 is 1.21 bits per heavy atom. The maximum atomic E-state index is 12.8. The molecule has 2 aromatic heterocycles. The SMILES string of the molecule is Cc1cc(-n2[nH]c(C(F)(F)F)c(C)c2=S)nc(C)n1. The first-order valence-electron chi connectivity index (χ1n) is 5.41. The Kier molecular flexibility index (Phi) is 3.21. The van der Waals surface area contributed by atoms with Crippen molar-refractivity contribution in [2.75, 3.05) is 0 Å². The minimum absolute atomic E-state index is 0.0172. The Labute approximate surface area is 112 Å². The largest absolute Gasteiger partial charge is 0.433 e. The molecule has 2 aromatic rings. The number of hydrogen-bond donors (Lipinski definition) is 1. The van der Waals surface area contributed by atoms with E-state index in [-0.39, 0.29) is 10.2 Å². The van der Waals surface area contributed by atoms with Crippen molar-refractivity contribution in [3.05, 3.63) is 33.5 Å². The highest BCUT2D eigenvalue weighted by atomic mass is 32.1. The molecule has 0 aliphatic carbocycles. The van der Waals surface area contributed by atoms with Gasteiger partial charge in [-0.3, -0.25) is 5.10 Å². The molecule has 0 aliphatic heterocycles. The summed E-state index contributed by atoms with van der Waals surface area (Å²) in [5, 5.41) is 2.26. The van der Waals surface area contributed by atoms with Gasteiger partial charge in [-0.1, -0.05) is 12.2 Å². The molecule has 2 heterocycles. The van der Waals surface area contributed by atoms with Gasteiger partial charge >= 0.3 is 6.18 Å². The molecule has 0 radical (unpaired) electrons. The third-order valence-electron chi connectivity index (χ3n) is 2.59. The topological polar surface area (TPSA) is 46.5 Å². The van der Waals surface area contributed by atoms with E-state index in [0.29, 0.717) is 17.3 Å². The minimum atomic E-state index is -4.47.